The molecule has 5 nitrogen and oxygen atoms in total. The molecule has 0 fully saturated rings. The predicted molar refractivity (Wildman–Crippen MR) is 108 cm³/mol. The maximum absolute atomic E-state index is 12.7. The number of para-hydroxylation sites is 1. The molecule has 4 rings (SSSR count). The van der Waals surface area contributed by atoms with Crippen LogP contribution in [0.5, 0.6) is 5.75 Å². The van der Waals surface area contributed by atoms with Crippen molar-refractivity contribution in [3.63, 3.8) is 0 Å². The molecule has 0 saturated carbocycles. The lowest BCUT2D eigenvalue weighted by Crippen LogP contribution is -2.37. The van der Waals surface area contributed by atoms with Crippen LogP contribution < -0.4 is 10.1 Å². The molecule has 1 N–H and O–H groups in total. The Hall–Kier alpha value is -3.08. The summed E-state index contributed by atoms with van der Waals surface area (Å²) in [5.74, 6) is 0.763. The van der Waals surface area contributed by atoms with Crippen LogP contribution in [0, 0.1) is 19.8 Å². The highest BCUT2D eigenvalue weighted by Crippen LogP contribution is 2.27. The highest BCUT2D eigenvalue weighted by atomic mass is 16.5. The average Bonchev–Trinajstić information content (AvgIpc) is 2.99. The predicted octanol–water partition coefficient (Wildman–Crippen LogP) is 3.42. The lowest BCUT2D eigenvalue weighted by molar-refractivity contribution is -0.126. The summed E-state index contributed by atoms with van der Waals surface area (Å²) in [5.41, 5.74) is 5.44. The molecule has 1 amide bonds. The Morgan fingerprint density at radius 1 is 1.14 bits per heavy atom. The van der Waals surface area contributed by atoms with Gasteiger partial charge in [0.25, 0.3) is 0 Å². The van der Waals surface area contributed by atoms with Crippen LogP contribution in [0.25, 0.3) is 0 Å². The van der Waals surface area contributed by atoms with Gasteiger partial charge in [-0.1, -0.05) is 48.5 Å². The standard InChI is InChI=1S/C23H25N3O2/c1-16-21(17(2)26(25-16)14-18-8-4-3-5-9-18)13-24-23(27)20-12-19-10-6-7-11-22(19)28-15-20/h3-11,20H,12-15H2,1-2H3,(H,24,27). The summed E-state index contributed by atoms with van der Waals surface area (Å²) in [5, 5.41) is 7.75. The lowest BCUT2D eigenvalue weighted by atomic mass is 9.96. The molecule has 28 heavy (non-hydrogen) atoms. The van der Waals surface area contributed by atoms with Gasteiger partial charge in [-0.05, 0) is 37.5 Å². The van der Waals surface area contributed by atoms with Crippen molar-refractivity contribution in [2.24, 2.45) is 5.92 Å². The number of rotatable bonds is 5. The molecule has 1 aliphatic heterocycles. The van der Waals surface area contributed by atoms with Gasteiger partial charge in [-0.2, -0.15) is 5.10 Å². The minimum atomic E-state index is -0.158. The van der Waals surface area contributed by atoms with Crippen LogP contribution in [-0.2, 0) is 24.3 Å². The van der Waals surface area contributed by atoms with Crippen molar-refractivity contribution >= 4 is 5.91 Å². The van der Waals surface area contributed by atoms with Gasteiger partial charge < -0.3 is 10.1 Å². The monoisotopic (exact) mass is 375 g/mol. The molecule has 0 bridgehead atoms. The van der Waals surface area contributed by atoms with E-state index in [1.807, 2.05) is 54.1 Å². The smallest absolute Gasteiger partial charge is 0.227 e. The third-order valence-electron chi connectivity index (χ3n) is 5.40. The number of ether oxygens (including phenoxy) is 1. The highest BCUT2D eigenvalue weighted by Gasteiger charge is 2.26. The van der Waals surface area contributed by atoms with Gasteiger partial charge in [0, 0.05) is 17.8 Å². The quantitative estimate of drug-likeness (QED) is 0.743. The van der Waals surface area contributed by atoms with Gasteiger partial charge in [0.2, 0.25) is 5.91 Å². The molecule has 3 aromatic rings. The van der Waals surface area contributed by atoms with E-state index in [1.54, 1.807) is 0 Å². The van der Waals surface area contributed by atoms with Crippen molar-refractivity contribution < 1.29 is 9.53 Å². The molecule has 1 aromatic heterocycles. The molecule has 1 atom stereocenters. The van der Waals surface area contributed by atoms with Crippen LogP contribution in [0.15, 0.2) is 54.6 Å². The van der Waals surface area contributed by atoms with Gasteiger partial charge >= 0.3 is 0 Å². The molecule has 144 valence electrons. The molecule has 2 heterocycles. The molecule has 0 saturated heterocycles. The maximum atomic E-state index is 12.7. The summed E-state index contributed by atoms with van der Waals surface area (Å²) in [6.07, 6.45) is 0.716. The topological polar surface area (TPSA) is 56.2 Å². The van der Waals surface area contributed by atoms with Crippen LogP contribution in [-0.4, -0.2) is 22.3 Å². The Morgan fingerprint density at radius 3 is 2.71 bits per heavy atom. The SMILES string of the molecule is Cc1nn(Cc2ccccc2)c(C)c1CNC(=O)C1COc2ccccc2C1. The first-order valence-electron chi connectivity index (χ1n) is 9.67. The first-order valence-corrected chi connectivity index (χ1v) is 9.67. The number of fused-ring (bicyclic) bond motifs is 1. The molecular formula is C23H25N3O2. The van der Waals surface area contributed by atoms with Crippen molar-refractivity contribution in [1.82, 2.24) is 15.1 Å². The Bertz CT molecular complexity index is 979. The van der Waals surface area contributed by atoms with Crippen molar-refractivity contribution in [2.75, 3.05) is 6.61 Å². The van der Waals surface area contributed by atoms with E-state index in [-0.39, 0.29) is 11.8 Å². The number of amides is 1. The van der Waals surface area contributed by atoms with Gasteiger partial charge in [-0.3, -0.25) is 9.48 Å². The molecule has 1 unspecified atom stereocenters. The molecule has 2 aromatic carbocycles. The number of hydrogen-bond acceptors (Lipinski definition) is 3. The zero-order valence-corrected chi connectivity index (χ0v) is 16.3. The number of aromatic nitrogens is 2. The normalized spacial score (nSPS) is 15.6. The highest BCUT2D eigenvalue weighted by molar-refractivity contribution is 5.79. The van der Waals surface area contributed by atoms with Crippen molar-refractivity contribution in [2.45, 2.75) is 33.4 Å². The van der Waals surface area contributed by atoms with E-state index in [4.69, 9.17) is 4.74 Å². The molecule has 0 aliphatic carbocycles. The van der Waals surface area contributed by atoms with E-state index in [0.717, 1.165) is 34.8 Å². The van der Waals surface area contributed by atoms with Crippen LogP contribution in [0.3, 0.4) is 0 Å². The van der Waals surface area contributed by atoms with Crippen LogP contribution >= 0.6 is 0 Å². The lowest BCUT2D eigenvalue weighted by Gasteiger charge is -2.24. The van der Waals surface area contributed by atoms with Crippen molar-refractivity contribution in [3.05, 3.63) is 82.7 Å². The summed E-state index contributed by atoms with van der Waals surface area (Å²) < 4.78 is 7.76. The fraction of sp³-hybridized carbons (Fsp3) is 0.304. The summed E-state index contributed by atoms with van der Waals surface area (Å²) in [7, 11) is 0. The number of nitrogens with one attached hydrogen (secondary N) is 1. The number of carbonyl (C=O) groups is 1. The summed E-state index contributed by atoms with van der Waals surface area (Å²) in [4.78, 5) is 12.7. The molecule has 1 aliphatic rings. The van der Waals surface area contributed by atoms with Crippen LogP contribution in [0.4, 0.5) is 0 Å². The van der Waals surface area contributed by atoms with Gasteiger partial charge in [0.05, 0.1) is 18.2 Å². The summed E-state index contributed by atoms with van der Waals surface area (Å²) >= 11 is 0. The van der Waals surface area contributed by atoms with E-state index < -0.39 is 0 Å². The second kappa shape index (κ2) is 7.89. The second-order valence-corrected chi connectivity index (χ2v) is 7.33. The number of carbonyl (C=O) groups excluding carboxylic acids is 1. The van der Waals surface area contributed by atoms with E-state index in [1.165, 1.54) is 5.56 Å². The van der Waals surface area contributed by atoms with E-state index >= 15 is 0 Å². The van der Waals surface area contributed by atoms with Gasteiger partial charge in [0.1, 0.15) is 12.4 Å². The molecule has 5 heteroatoms. The summed E-state index contributed by atoms with van der Waals surface area (Å²) in [6.45, 7) is 5.70. The Morgan fingerprint density at radius 2 is 1.89 bits per heavy atom. The van der Waals surface area contributed by atoms with Gasteiger partial charge in [-0.15, -0.1) is 0 Å². The first-order chi connectivity index (χ1) is 13.6. The zero-order valence-electron chi connectivity index (χ0n) is 16.3. The largest absolute Gasteiger partial charge is 0.492 e. The Kier molecular flexibility index (Phi) is 5.15. The van der Waals surface area contributed by atoms with E-state index in [2.05, 4.69) is 29.5 Å². The minimum absolute atomic E-state index is 0.0316. The van der Waals surface area contributed by atoms with Gasteiger partial charge in [0.15, 0.2) is 0 Å². The average molecular weight is 375 g/mol. The molecule has 0 radical (unpaired) electrons. The molecular weight excluding hydrogens is 350 g/mol. The minimum Gasteiger partial charge on any atom is -0.492 e. The zero-order chi connectivity index (χ0) is 19.5. The Labute approximate surface area is 165 Å². The first kappa shape index (κ1) is 18.3. The van der Waals surface area contributed by atoms with Crippen LogP contribution in [0.2, 0.25) is 0 Å². The van der Waals surface area contributed by atoms with Crippen molar-refractivity contribution in [1.29, 1.82) is 0 Å². The van der Waals surface area contributed by atoms with Gasteiger partial charge in [-0.25, -0.2) is 0 Å². The fourth-order valence-electron chi connectivity index (χ4n) is 3.72. The third kappa shape index (κ3) is 3.79. The second-order valence-electron chi connectivity index (χ2n) is 7.33. The fourth-order valence-corrected chi connectivity index (χ4v) is 3.72. The Balaban J connectivity index is 1.40. The number of nitrogens with zero attached hydrogens (tertiary/aromatic N) is 2. The maximum Gasteiger partial charge on any atom is 0.227 e. The number of benzene rings is 2. The van der Waals surface area contributed by atoms with E-state index in [9.17, 15) is 4.79 Å². The summed E-state index contributed by atoms with van der Waals surface area (Å²) in [6, 6.07) is 18.2. The van der Waals surface area contributed by atoms with Crippen molar-refractivity contribution in [3.8, 4) is 5.75 Å². The van der Waals surface area contributed by atoms with E-state index in [0.29, 0.717) is 19.6 Å². The number of aryl methyl sites for hydroxylation is 1. The van der Waals surface area contributed by atoms with Crippen LogP contribution in [0.1, 0.15) is 28.1 Å². The number of hydrogen-bond donors (Lipinski definition) is 1. The molecule has 0 spiro atoms. The third-order valence-corrected chi connectivity index (χ3v) is 5.40.